The zero-order valence-electron chi connectivity index (χ0n) is 15.4. The van der Waals surface area contributed by atoms with E-state index < -0.39 is 5.97 Å². The van der Waals surface area contributed by atoms with Crippen molar-refractivity contribution in [3.05, 3.63) is 108 Å². The fourth-order valence-corrected chi connectivity index (χ4v) is 3.53. The monoisotopic (exact) mass is 371 g/mol. The van der Waals surface area contributed by atoms with Gasteiger partial charge in [-0.3, -0.25) is 0 Å². The minimum Gasteiger partial charge on any atom is -0.477 e. The highest BCUT2D eigenvalue weighted by Crippen LogP contribution is 2.26. The van der Waals surface area contributed by atoms with Gasteiger partial charge in [-0.25, -0.2) is 4.79 Å². The maximum atomic E-state index is 11.7. The molecule has 0 fully saturated rings. The first kappa shape index (κ1) is 18.0. The van der Waals surface area contributed by atoms with Crippen LogP contribution in [0.15, 0.2) is 91.0 Å². The molecule has 0 saturated heterocycles. The molecule has 1 heterocycles. The summed E-state index contributed by atoms with van der Waals surface area (Å²) in [5.41, 5.74) is 3.33. The fraction of sp³-hybridized carbons (Fsp3) is 0.125. The third-order valence-electron chi connectivity index (χ3n) is 4.83. The largest absolute Gasteiger partial charge is 0.477 e. The van der Waals surface area contributed by atoms with Gasteiger partial charge in [-0.05, 0) is 23.3 Å². The molecule has 0 atom stereocenters. The summed E-state index contributed by atoms with van der Waals surface area (Å²) in [6, 6.07) is 29.5. The summed E-state index contributed by atoms with van der Waals surface area (Å²) in [6.07, 6.45) is -0.197. The van der Waals surface area contributed by atoms with E-state index in [1.54, 1.807) is 6.07 Å². The standard InChI is InChI=1S/C24H21NO3/c26-24(27)22-17-20-13-7-8-14-21(20)25(22)15-16-28-23(18-9-3-1-4-10-18)19-11-5-2-6-12-19/h1-14,17,23H,15-16H2,(H,26,27). The normalized spacial score (nSPS) is 11.2. The number of benzene rings is 3. The average Bonchev–Trinajstić information content (AvgIpc) is 3.11. The van der Waals surface area contributed by atoms with Crippen LogP contribution in [0.3, 0.4) is 0 Å². The van der Waals surface area contributed by atoms with Crippen molar-refractivity contribution in [3.63, 3.8) is 0 Å². The Hall–Kier alpha value is -3.37. The molecule has 0 spiro atoms. The van der Waals surface area contributed by atoms with Gasteiger partial charge in [-0.2, -0.15) is 0 Å². The number of hydrogen-bond acceptors (Lipinski definition) is 2. The molecule has 4 nitrogen and oxygen atoms in total. The molecule has 1 aromatic heterocycles. The Morgan fingerprint density at radius 3 is 2.04 bits per heavy atom. The molecular formula is C24H21NO3. The lowest BCUT2D eigenvalue weighted by Gasteiger charge is -2.20. The third kappa shape index (κ3) is 3.68. The highest BCUT2D eigenvalue weighted by Gasteiger charge is 2.17. The van der Waals surface area contributed by atoms with Crippen LogP contribution in [0.1, 0.15) is 27.7 Å². The van der Waals surface area contributed by atoms with Crippen molar-refractivity contribution in [2.45, 2.75) is 12.6 Å². The zero-order valence-corrected chi connectivity index (χ0v) is 15.4. The number of carboxylic acid groups (broad SMARTS) is 1. The topological polar surface area (TPSA) is 51.5 Å². The predicted octanol–water partition coefficient (Wildman–Crippen LogP) is 5.15. The Balaban J connectivity index is 1.58. The highest BCUT2D eigenvalue weighted by atomic mass is 16.5. The first-order valence-corrected chi connectivity index (χ1v) is 9.27. The van der Waals surface area contributed by atoms with Gasteiger partial charge in [0.2, 0.25) is 0 Å². The molecule has 140 valence electrons. The molecule has 0 aliphatic rings. The second-order valence-corrected chi connectivity index (χ2v) is 6.62. The number of carbonyl (C=O) groups is 1. The number of para-hydroxylation sites is 1. The van der Waals surface area contributed by atoms with E-state index in [0.717, 1.165) is 22.0 Å². The van der Waals surface area contributed by atoms with E-state index in [1.807, 2.05) is 89.5 Å². The van der Waals surface area contributed by atoms with Gasteiger partial charge in [0.1, 0.15) is 11.8 Å². The van der Waals surface area contributed by atoms with Crippen molar-refractivity contribution in [2.24, 2.45) is 0 Å². The van der Waals surface area contributed by atoms with Crippen LogP contribution in [0.4, 0.5) is 0 Å². The molecule has 0 amide bonds. The van der Waals surface area contributed by atoms with Crippen molar-refractivity contribution < 1.29 is 14.6 Å². The van der Waals surface area contributed by atoms with E-state index in [4.69, 9.17) is 4.74 Å². The molecular weight excluding hydrogens is 350 g/mol. The molecule has 0 bridgehead atoms. The molecule has 0 radical (unpaired) electrons. The number of nitrogens with zero attached hydrogens (tertiary/aromatic N) is 1. The molecule has 1 N–H and O–H groups in total. The second-order valence-electron chi connectivity index (χ2n) is 6.62. The van der Waals surface area contributed by atoms with Crippen LogP contribution in [-0.4, -0.2) is 22.2 Å². The van der Waals surface area contributed by atoms with E-state index in [2.05, 4.69) is 0 Å². The Bertz CT molecular complexity index is 1030. The molecule has 0 saturated carbocycles. The van der Waals surface area contributed by atoms with Crippen molar-refractivity contribution in [2.75, 3.05) is 6.61 Å². The number of aromatic nitrogens is 1. The van der Waals surface area contributed by atoms with Crippen molar-refractivity contribution >= 4 is 16.9 Å². The summed E-state index contributed by atoms with van der Waals surface area (Å²) < 4.78 is 8.07. The number of rotatable bonds is 7. The van der Waals surface area contributed by atoms with Crippen LogP contribution < -0.4 is 0 Å². The molecule has 0 aliphatic heterocycles. The van der Waals surface area contributed by atoms with Crippen LogP contribution in [0.5, 0.6) is 0 Å². The molecule has 4 heteroatoms. The SMILES string of the molecule is O=C(O)c1cc2ccccc2n1CCOC(c1ccccc1)c1ccccc1. The van der Waals surface area contributed by atoms with Gasteiger partial charge in [0.05, 0.1) is 6.61 Å². The highest BCUT2D eigenvalue weighted by molar-refractivity contribution is 5.94. The quantitative estimate of drug-likeness (QED) is 0.489. The maximum absolute atomic E-state index is 11.7. The summed E-state index contributed by atoms with van der Waals surface area (Å²) in [7, 11) is 0. The van der Waals surface area contributed by atoms with E-state index >= 15 is 0 Å². The van der Waals surface area contributed by atoms with Gasteiger partial charge in [0, 0.05) is 17.4 Å². The lowest BCUT2D eigenvalue weighted by atomic mass is 10.0. The Labute approximate surface area is 163 Å². The smallest absolute Gasteiger partial charge is 0.352 e. The minimum absolute atomic E-state index is 0.197. The molecule has 0 unspecified atom stereocenters. The van der Waals surface area contributed by atoms with Gasteiger partial charge >= 0.3 is 5.97 Å². The summed E-state index contributed by atoms with van der Waals surface area (Å²) in [5.74, 6) is -0.932. The van der Waals surface area contributed by atoms with Crippen LogP contribution in [0.2, 0.25) is 0 Å². The first-order chi connectivity index (χ1) is 13.7. The number of ether oxygens (including phenoxy) is 1. The van der Waals surface area contributed by atoms with E-state index in [0.29, 0.717) is 13.2 Å². The zero-order chi connectivity index (χ0) is 19.3. The van der Waals surface area contributed by atoms with E-state index in [9.17, 15) is 9.90 Å². The summed E-state index contributed by atoms with van der Waals surface area (Å²) in [4.78, 5) is 11.7. The number of aromatic carboxylic acids is 1. The van der Waals surface area contributed by atoms with E-state index in [-0.39, 0.29) is 11.8 Å². The van der Waals surface area contributed by atoms with Gasteiger partial charge in [-0.1, -0.05) is 78.9 Å². The van der Waals surface area contributed by atoms with Crippen molar-refractivity contribution in [1.29, 1.82) is 0 Å². The molecule has 4 aromatic rings. The first-order valence-electron chi connectivity index (χ1n) is 9.27. The van der Waals surface area contributed by atoms with Gasteiger partial charge < -0.3 is 14.4 Å². The lowest BCUT2D eigenvalue weighted by Crippen LogP contribution is -2.15. The van der Waals surface area contributed by atoms with Crippen molar-refractivity contribution in [1.82, 2.24) is 4.57 Å². The predicted molar refractivity (Wildman–Crippen MR) is 110 cm³/mol. The van der Waals surface area contributed by atoms with Gasteiger partial charge in [0.25, 0.3) is 0 Å². The molecule has 4 rings (SSSR count). The fourth-order valence-electron chi connectivity index (χ4n) is 3.53. The molecule has 28 heavy (non-hydrogen) atoms. The number of carboxylic acids is 1. The van der Waals surface area contributed by atoms with Crippen LogP contribution >= 0.6 is 0 Å². The molecule has 3 aromatic carbocycles. The Morgan fingerprint density at radius 1 is 0.857 bits per heavy atom. The van der Waals surface area contributed by atoms with Crippen molar-refractivity contribution in [3.8, 4) is 0 Å². The van der Waals surface area contributed by atoms with E-state index in [1.165, 1.54) is 0 Å². The number of hydrogen-bond donors (Lipinski definition) is 1. The summed E-state index contributed by atoms with van der Waals surface area (Å²) >= 11 is 0. The van der Waals surface area contributed by atoms with Crippen LogP contribution in [-0.2, 0) is 11.3 Å². The second kappa shape index (κ2) is 8.11. The number of fused-ring (bicyclic) bond motifs is 1. The Morgan fingerprint density at radius 2 is 1.43 bits per heavy atom. The molecule has 0 aliphatic carbocycles. The lowest BCUT2D eigenvalue weighted by molar-refractivity contribution is 0.0655. The maximum Gasteiger partial charge on any atom is 0.352 e. The van der Waals surface area contributed by atoms with Crippen LogP contribution in [0, 0.1) is 0 Å². The van der Waals surface area contributed by atoms with Crippen LogP contribution in [0.25, 0.3) is 10.9 Å². The Kier molecular flexibility index (Phi) is 5.22. The average molecular weight is 371 g/mol. The van der Waals surface area contributed by atoms with Gasteiger partial charge in [0.15, 0.2) is 0 Å². The minimum atomic E-state index is -0.932. The third-order valence-corrected chi connectivity index (χ3v) is 4.83. The summed E-state index contributed by atoms with van der Waals surface area (Å²) in [6.45, 7) is 0.860. The summed E-state index contributed by atoms with van der Waals surface area (Å²) in [5, 5.41) is 10.5. The van der Waals surface area contributed by atoms with Gasteiger partial charge in [-0.15, -0.1) is 0 Å².